The molecule has 0 aromatic heterocycles. The number of unbranched alkanes of at least 4 members (excludes halogenated alkanes) is 2. The molecule has 1 nitrogen and oxygen atoms in total. The van der Waals surface area contributed by atoms with Gasteiger partial charge in [-0.25, -0.2) is 0 Å². The third kappa shape index (κ3) is 15.6. The van der Waals surface area contributed by atoms with Crippen LogP contribution in [-0.2, 0) is 4.79 Å². The summed E-state index contributed by atoms with van der Waals surface area (Å²) < 4.78 is 0. The van der Waals surface area contributed by atoms with Crippen molar-refractivity contribution in [1.29, 1.82) is 0 Å². The lowest BCUT2D eigenvalue weighted by Gasteiger charge is -2.00. The highest BCUT2D eigenvalue weighted by Crippen LogP contribution is 2.06. The molecule has 0 saturated carbocycles. The molecule has 0 saturated heterocycles. The van der Waals surface area contributed by atoms with Gasteiger partial charge < -0.3 is 4.79 Å². The number of carbonyl (C=O) groups is 1. The van der Waals surface area contributed by atoms with E-state index in [9.17, 15) is 0 Å². The largest absolute Gasteiger partial charge is 0.307 e. The normalized spacial score (nSPS) is 8.80. The van der Waals surface area contributed by atoms with E-state index in [-0.39, 0.29) is 0 Å². The molecule has 0 atom stereocenters. The van der Waals surface area contributed by atoms with E-state index in [4.69, 9.17) is 4.79 Å². The number of carbonyl (C=O) groups excluding carboxylic acids is 1. The SMILES string of the molecule is C=O.CCCCCC(C)C. The summed E-state index contributed by atoms with van der Waals surface area (Å²) in [5.41, 5.74) is 0. The van der Waals surface area contributed by atoms with E-state index >= 15 is 0 Å². The van der Waals surface area contributed by atoms with Crippen LogP contribution in [0, 0.1) is 5.92 Å². The Balaban J connectivity index is 0. The van der Waals surface area contributed by atoms with Gasteiger partial charge in [0.2, 0.25) is 0 Å². The Morgan fingerprint density at radius 3 is 2.00 bits per heavy atom. The monoisotopic (exact) mass is 144 g/mol. The summed E-state index contributed by atoms with van der Waals surface area (Å²) in [5, 5.41) is 0. The van der Waals surface area contributed by atoms with Crippen LogP contribution in [0.15, 0.2) is 0 Å². The van der Waals surface area contributed by atoms with Crippen LogP contribution in [0.25, 0.3) is 0 Å². The summed E-state index contributed by atoms with van der Waals surface area (Å²) in [7, 11) is 0. The highest BCUT2D eigenvalue weighted by atomic mass is 16.1. The van der Waals surface area contributed by atoms with Crippen LogP contribution < -0.4 is 0 Å². The number of hydrogen-bond donors (Lipinski definition) is 0. The molecule has 0 N–H and O–H groups in total. The van der Waals surface area contributed by atoms with E-state index in [1.54, 1.807) is 0 Å². The molecular formula is C9H20O. The van der Waals surface area contributed by atoms with Crippen molar-refractivity contribution < 1.29 is 4.79 Å². The molecule has 0 aromatic carbocycles. The van der Waals surface area contributed by atoms with Gasteiger partial charge in [-0.1, -0.05) is 46.5 Å². The van der Waals surface area contributed by atoms with Gasteiger partial charge >= 0.3 is 0 Å². The molecule has 0 amide bonds. The van der Waals surface area contributed by atoms with Crippen LogP contribution >= 0.6 is 0 Å². The fraction of sp³-hybridized carbons (Fsp3) is 0.889. The van der Waals surface area contributed by atoms with Gasteiger partial charge in [-0.05, 0) is 5.92 Å². The second-order valence-corrected chi connectivity index (χ2v) is 2.89. The number of rotatable bonds is 4. The van der Waals surface area contributed by atoms with Crippen LogP contribution in [0.2, 0.25) is 0 Å². The van der Waals surface area contributed by atoms with Gasteiger partial charge in [0.15, 0.2) is 0 Å². The molecular weight excluding hydrogens is 124 g/mol. The first-order valence-corrected chi connectivity index (χ1v) is 4.06. The average molecular weight is 144 g/mol. The predicted molar refractivity (Wildman–Crippen MR) is 46.1 cm³/mol. The average Bonchev–Trinajstić information content (AvgIpc) is 1.92. The van der Waals surface area contributed by atoms with Gasteiger partial charge in [-0.3, -0.25) is 0 Å². The van der Waals surface area contributed by atoms with Crippen molar-refractivity contribution >= 4 is 6.79 Å². The lowest BCUT2D eigenvalue weighted by atomic mass is 10.1. The summed E-state index contributed by atoms with van der Waals surface area (Å²) >= 11 is 0. The maximum absolute atomic E-state index is 8.00. The van der Waals surface area contributed by atoms with E-state index < -0.39 is 0 Å². The summed E-state index contributed by atoms with van der Waals surface area (Å²) in [6.45, 7) is 8.83. The molecule has 62 valence electrons. The van der Waals surface area contributed by atoms with Crippen molar-refractivity contribution in [2.45, 2.75) is 46.5 Å². The molecule has 0 spiro atoms. The Morgan fingerprint density at radius 2 is 1.70 bits per heavy atom. The second-order valence-electron chi connectivity index (χ2n) is 2.89. The summed E-state index contributed by atoms with van der Waals surface area (Å²) in [6.07, 6.45) is 5.60. The zero-order chi connectivity index (χ0) is 8.41. The van der Waals surface area contributed by atoms with Gasteiger partial charge in [0, 0.05) is 0 Å². The number of hydrogen-bond acceptors (Lipinski definition) is 1. The summed E-state index contributed by atoms with van der Waals surface area (Å²) in [5.74, 6) is 0.904. The topological polar surface area (TPSA) is 17.1 Å². The lowest BCUT2D eigenvalue weighted by Crippen LogP contribution is -1.85. The van der Waals surface area contributed by atoms with Gasteiger partial charge in [0.05, 0.1) is 0 Å². The van der Waals surface area contributed by atoms with Crippen molar-refractivity contribution in [1.82, 2.24) is 0 Å². The fourth-order valence-electron chi connectivity index (χ4n) is 0.803. The third-order valence-electron chi connectivity index (χ3n) is 1.39. The molecule has 0 aliphatic carbocycles. The van der Waals surface area contributed by atoms with E-state index in [1.165, 1.54) is 25.7 Å². The van der Waals surface area contributed by atoms with Crippen molar-refractivity contribution in [3.63, 3.8) is 0 Å². The first kappa shape index (κ1) is 12.4. The van der Waals surface area contributed by atoms with Crippen molar-refractivity contribution in [2.75, 3.05) is 0 Å². The maximum atomic E-state index is 8.00. The molecule has 0 aromatic rings. The maximum Gasteiger partial charge on any atom is 0.106 e. The minimum absolute atomic E-state index is 0.904. The standard InChI is InChI=1S/C8H18.CH2O/c1-4-5-6-7-8(2)3;1-2/h8H,4-7H2,1-3H3;1H2. The Morgan fingerprint density at radius 1 is 1.20 bits per heavy atom. The molecule has 1 heteroatoms. The van der Waals surface area contributed by atoms with Crippen LogP contribution in [0.3, 0.4) is 0 Å². The molecule has 0 fully saturated rings. The smallest absolute Gasteiger partial charge is 0.106 e. The first-order valence-electron chi connectivity index (χ1n) is 4.06. The zero-order valence-corrected chi connectivity index (χ0v) is 7.52. The van der Waals surface area contributed by atoms with Crippen molar-refractivity contribution in [2.24, 2.45) is 5.92 Å². The van der Waals surface area contributed by atoms with E-state index in [1.807, 2.05) is 6.79 Å². The summed E-state index contributed by atoms with van der Waals surface area (Å²) in [6, 6.07) is 0. The Hall–Kier alpha value is -0.330. The zero-order valence-electron chi connectivity index (χ0n) is 7.52. The molecule has 0 heterocycles. The Bertz CT molecular complexity index is 50.7. The van der Waals surface area contributed by atoms with E-state index in [0.717, 1.165) is 5.92 Å². The Kier molecular flexibility index (Phi) is 14.2. The van der Waals surface area contributed by atoms with Gasteiger partial charge in [-0.15, -0.1) is 0 Å². The highest BCUT2D eigenvalue weighted by Gasteiger charge is 1.90. The minimum atomic E-state index is 0.904. The molecule has 0 unspecified atom stereocenters. The van der Waals surface area contributed by atoms with E-state index in [0.29, 0.717) is 0 Å². The van der Waals surface area contributed by atoms with Gasteiger partial charge in [0.1, 0.15) is 6.79 Å². The summed E-state index contributed by atoms with van der Waals surface area (Å²) in [4.78, 5) is 8.00. The van der Waals surface area contributed by atoms with Crippen molar-refractivity contribution in [3.05, 3.63) is 0 Å². The van der Waals surface area contributed by atoms with Crippen molar-refractivity contribution in [3.8, 4) is 0 Å². The highest BCUT2D eigenvalue weighted by molar-refractivity contribution is 5.10. The third-order valence-corrected chi connectivity index (χ3v) is 1.39. The molecule has 0 bridgehead atoms. The van der Waals surface area contributed by atoms with Crippen LogP contribution in [0.5, 0.6) is 0 Å². The first-order chi connectivity index (χ1) is 4.77. The molecule has 10 heavy (non-hydrogen) atoms. The van der Waals surface area contributed by atoms with Crippen LogP contribution in [0.1, 0.15) is 46.5 Å². The van der Waals surface area contributed by atoms with Crippen LogP contribution in [0.4, 0.5) is 0 Å². The fourth-order valence-corrected chi connectivity index (χ4v) is 0.803. The Labute approximate surface area is 64.8 Å². The minimum Gasteiger partial charge on any atom is -0.307 e. The lowest BCUT2D eigenvalue weighted by molar-refractivity contribution is -0.0979. The quantitative estimate of drug-likeness (QED) is 0.554. The molecule has 0 aliphatic heterocycles. The van der Waals surface area contributed by atoms with Crippen LogP contribution in [-0.4, -0.2) is 6.79 Å². The molecule has 0 rings (SSSR count). The van der Waals surface area contributed by atoms with Gasteiger partial charge in [-0.2, -0.15) is 0 Å². The predicted octanol–water partition coefficient (Wildman–Crippen LogP) is 3.04. The van der Waals surface area contributed by atoms with Gasteiger partial charge in [0.25, 0.3) is 0 Å². The van der Waals surface area contributed by atoms with E-state index in [2.05, 4.69) is 20.8 Å². The molecule has 0 radical (unpaired) electrons. The molecule has 0 aliphatic rings. The second kappa shape index (κ2) is 11.5.